The Bertz CT molecular complexity index is 982. The number of imide groups is 1. The number of halogens is 1. The number of ether oxygens (including phenoxy) is 1. The van der Waals surface area contributed by atoms with Gasteiger partial charge in [-0.3, -0.25) is 14.9 Å². The first-order valence-corrected chi connectivity index (χ1v) is 12.1. The summed E-state index contributed by atoms with van der Waals surface area (Å²) in [6.07, 6.45) is 3.34. The maximum absolute atomic E-state index is 14.0. The molecule has 1 saturated heterocycles. The molecule has 0 bridgehead atoms. The van der Waals surface area contributed by atoms with Gasteiger partial charge in [0.25, 0.3) is 0 Å². The van der Waals surface area contributed by atoms with Crippen molar-refractivity contribution in [3.05, 3.63) is 29.6 Å². The topological polar surface area (TPSA) is 148 Å². The van der Waals surface area contributed by atoms with Gasteiger partial charge in [-0.05, 0) is 49.3 Å². The number of carbonyl (C=O) groups is 3. The highest BCUT2D eigenvalue weighted by Gasteiger charge is 2.27. The van der Waals surface area contributed by atoms with Gasteiger partial charge >= 0.3 is 6.03 Å². The lowest BCUT2D eigenvalue weighted by Crippen LogP contribution is -2.38. The first kappa shape index (κ1) is 23.9. The van der Waals surface area contributed by atoms with E-state index >= 15 is 0 Å². The number of nitrogens with two attached hydrogens (primary N) is 1. The second-order valence-corrected chi connectivity index (χ2v) is 9.93. The summed E-state index contributed by atoms with van der Waals surface area (Å²) in [4.78, 5) is 35.9. The minimum atomic E-state index is -3.86. The average Bonchev–Trinajstić information content (AvgIpc) is 3.49. The lowest BCUT2D eigenvalue weighted by atomic mass is 10.1. The number of benzene rings is 1. The van der Waals surface area contributed by atoms with Gasteiger partial charge in [-0.25, -0.2) is 17.6 Å². The van der Waals surface area contributed by atoms with Gasteiger partial charge in [-0.15, -0.1) is 0 Å². The fraction of sp³-hybridized carbons (Fsp3) is 0.550. The van der Waals surface area contributed by atoms with Crippen molar-refractivity contribution in [2.45, 2.75) is 38.1 Å². The van der Waals surface area contributed by atoms with Crippen molar-refractivity contribution in [2.24, 2.45) is 11.7 Å². The van der Waals surface area contributed by atoms with Crippen LogP contribution >= 0.6 is 0 Å². The van der Waals surface area contributed by atoms with Crippen LogP contribution in [0.25, 0.3) is 0 Å². The van der Waals surface area contributed by atoms with E-state index in [2.05, 4.69) is 10.0 Å². The van der Waals surface area contributed by atoms with Gasteiger partial charge in [0.2, 0.25) is 21.8 Å². The third-order valence-electron chi connectivity index (χ3n) is 5.25. The number of rotatable bonds is 13. The zero-order valence-corrected chi connectivity index (χ0v) is 18.3. The van der Waals surface area contributed by atoms with Crippen molar-refractivity contribution in [3.8, 4) is 5.75 Å². The minimum Gasteiger partial charge on any atom is -0.490 e. The molecule has 1 atom stereocenters. The number of urea groups is 1. The number of hydrogen-bond donors (Lipinski definition) is 3. The number of sulfonamides is 1. The highest BCUT2D eigenvalue weighted by Crippen LogP contribution is 2.31. The van der Waals surface area contributed by atoms with Crippen LogP contribution in [0.4, 0.5) is 9.18 Å². The molecular weight excluding hydrogens is 443 g/mol. The van der Waals surface area contributed by atoms with Gasteiger partial charge in [0.1, 0.15) is 12.6 Å². The quantitative estimate of drug-likeness (QED) is 0.287. The summed E-state index contributed by atoms with van der Waals surface area (Å²) >= 11 is 0. The van der Waals surface area contributed by atoms with Crippen LogP contribution in [0.15, 0.2) is 18.2 Å². The number of unbranched alkanes of at least 4 members (excludes halogenated alkanes) is 2. The molecule has 10 nitrogen and oxygen atoms in total. The van der Waals surface area contributed by atoms with Crippen LogP contribution < -0.4 is 20.5 Å². The molecule has 0 spiro atoms. The predicted octanol–water partition coefficient (Wildman–Crippen LogP) is 0.782. The molecule has 32 heavy (non-hydrogen) atoms. The average molecular weight is 471 g/mol. The number of carbonyl (C=O) groups excluding carboxylic acids is 3. The van der Waals surface area contributed by atoms with Crippen LogP contribution in [0.1, 0.15) is 43.7 Å². The Morgan fingerprint density at radius 1 is 1.28 bits per heavy atom. The Hall–Kier alpha value is -2.73. The molecule has 1 aromatic carbocycles. The van der Waals surface area contributed by atoms with Crippen molar-refractivity contribution in [3.63, 3.8) is 0 Å². The fourth-order valence-electron chi connectivity index (χ4n) is 3.27. The van der Waals surface area contributed by atoms with Crippen molar-refractivity contribution in [1.29, 1.82) is 0 Å². The van der Waals surface area contributed by atoms with Crippen molar-refractivity contribution < 1.29 is 31.9 Å². The third-order valence-corrected chi connectivity index (χ3v) is 6.67. The third kappa shape index (κ3) is 6.89. The number of nitrogens with zero attached hydrogens (tertiary/aromatic N) is 1. The number of nitrogens with one attached hydrogen (secondary N) is 2. The van der Waals surface area contributed by atoms with E-state index in [4.69, 9.17) is 10.5 Å². The smallest absolute Gasteiger partial charge is 0.324 e. The Morgan fingerprint density at radius 3 is 2.66 bits per heavy atom. The van der Waals surface area contributed by atoms with Crippen molar-refractivity contribution >= 4 is 27.9 Å². The van der Waals surface area contributed by atoms with Crippen LogP contribution in [0.2, 0.25) is 0 Å². The number of amides is 4. The Balaban J connectivity index is 1.51. The molecule has 176 valence electrons. The highest BCUT2D eigenvalue weighted by atomic mass is 32.2. The maximum Gasteiger partial charge on any atom is 0.324 e. The van der Waals surface area contributed by atoms with Gasteiger partial charge < -0.3 is 15.4 Å². The molecule has 0 radical (unpaired) electrons. The van der Waals surface area contributed by atoms with E-state index in [1.54, 1.807) is 0 Å². The molecule has 2 aliphatic rings. The molecule has 1 aromatic rings. The fourth-order valence-corrected chi connectivity index (χ4v) is 4.58. The predicted molar refractivity (Wildman–Crippen MR) is 112 cm³/mol. The monoisotopic (exact) mass is 470 g/mol. The van der Waals surface area contributed by atoms with Crippen molar-refractivity contribution in [2.75, 3.05) is 25.4 Å². The van der Waals surface area contributed by atoms with Crippen LogP contribution in [0.5, 0.6) is 5.75 Å². The number of primary amides is 1. The van der Waals surface area contributed by atoms with E-state index in [1.165, 1.54) is 17.0 Å². The van der Waals surface area contributed by atoms with Gasteiger partial charge in [0.05, 0.1) is 12.4 Å². The summed E-state index contributed by atoms with van der Waals surface area (Å²) in [5.41, 5.74) is 5.59. The molecule has 1 saturated carbocycles. The molecule has 12 heteroatoms. The molecule has 1 heterocycles. The van der Waals surface area contributed by atoms with Crippen LogP contribution in [-0.2, 0) is 19.6 Å². The summed E-state index contributed by atoms with van der Waals surface area (Å²) in [5.74, 6) is -1.80. The molecule has 1 aliphatic heterocycles. The lowest BCUT2D eigenvalue weighted by Gasteiger charge is -2.18. The van der Waals surface area contributed by atoms with Crippen LogP contribution in [0.3, 0.4) is 0 Å². The summed E-state index contributed by atoms with van der Waals surface area (Å²) in [6, 6.07) is 1.88. The molecule has 2 fully saturated rings. The highest BCUT2D eigenvalue weighted by molar-refractivity contribution is 7.89. The van der Waals surface area contributed by atoms with E-state index in [0.29, 0.717) is 31.9 Å². The van der Waals surface area contributed by atoms with Crippen LogP contribution in [0, 0.1) is 11.7 Å². The zero-order chi connectivity index (χ0) is 23.3. The molecule has 4 amide bonds. The van der Waals surface area contributed by atoms with Crippen molar-refractivity contribution in [1.82, 2.24) is 14.9 Å². The molecule has 4 N–H and O–H groups in total. The Labute approximate surface area is 185 Å². The molecule has 1 aliphatic carbocycles. The van der Waals surface area contributed by atoms with Crippen LogP contribution in [-0.4, -0.2) is 56.6 Å². The standard InChI is InChI=1S/C20H27FN4O6S/c21-15-7-6-14(10-16(15)31-12-13-4-5-13)18(19(22)27)24-32(29,30)9-3-1-2-8-25-11-17(26)23-20(25)28/h6-7,10,13,18,24H,1-5,8-9,11-12H2,(H2,22,27)(H,23,26,28)/t18-/m0/s1. The van der Waals surface area contributed by atoms with E-state index in [0.717, 1.165) is 18.9 Å². The summed E-state index contributed by atoms with van der Waals surface area (Å²) in [6.45, 7) is 0.706. The summed E-state index contributed by atoms with van der Waals surface area (Å²) in [7, 11) is -3.86. The minimum absolute atomic E-state index is 0.00298. The van der Waals surface area contributed by atoms with E-state index in [1.807, 2.05) is 0 Å². The summed E-state index contributed by atoms with van der Waals surface area (Å²) in [5, 5.41) is 2.17. The lowest BCUT2D eigenvalue weighted by molar-refractivity contribution is -0.120. The first-order valence-electron chi connectivity index (χ1n) is 10.4. The zero-order valence-electron chi connectivity index (χ0n) is 17.5. The SMILES string of the molecule is NC(=O)[C@@H](NS(=O)(=O)CCCCCN1CC(=O)NC1=O)c1ccc(F)c(OCC2CC2)c1. The second-order valence-electron chi connectivity index (χ2n) is 8.05. The number of hydrogen-bond acceptors (Lipinski definition) is 6. The molecule has 0 unspecified atom stereocenters. The normalized spacial score (nSPS) is 17.3. The van der Waals surface area contributed by atoms with Gasteiger partial charge in [0, 0.05) is 6.54 Å². The van der Waals surface area contributed by atoms with Gasteiger partial charge in [-0.2, -0.15) is 4.72 Å². The van der Waals surface area contributed by atoms with E-state index in [9.17, 15) is 27.2 Å². The maximum atomic E-state index is 14.0. The van der Waals surface area contributed by atoms with E-state index in [-0.39, 0.29) is 35.9 Å². The van der Waals surface area contributed by atoms with Gasteiger partial charge in [0.15, 0.2) is 11.6 Å². The van der Waals surface area contributed by atoms with E-state index < -0.39 is 33.8 Å². The second kappa shape index (κ2) is 10.3. The molecule has 3 rings (SSSR count). The Morgan fingerprint density at radius 2 is 2.03 bits per heavy atom. The molecule has 0 aromatic heterocycles. The van der Waals surface area contributed by atoms with Gasteiger partial charge in [-0.1, -0.05) is 12.5 Å². The summed E-state index contributed by atoms with van der Waals surface area (Å²) < 4.78 is 46.7. The largest absolute Gasteiger partial charge is 0.490 e. The molecular formula is C20H27FN4O6S. The first-order chi connectivity index (χ1) is 15.1. The Kier molecular flexibility index (Phi) is 7.67.